The molecule has 0 heterocycles. The Balaban J connectivity index is 3.82. The Labute approximate surface area is 279 Å². The molecule has 45 heavy (non-hydrogen) atoms. The normalized spacial score (nSPS) is 14.5. The fraction of sp³-hybridized carbons (Fsp3) is 0.923. The number of rotatable bonds is 35. The fourth-order valence-corrected chi connectivity index (χ4v) is 6.05. The van der Waals surface area contributed by atoms with E-state index in [4.69, 9.17) is 0 Å². The largest absolute Gasteiger partial charge is 0.394 e. The second kappa shape index (κ2) is 34.4. The van der Waals surface area contributed by atoms with Crippen molar-refractivity contribution in [2.24, 2.45) is 0 Å². The van der Waals surface area contributed by atoms with Crippen LogP contribution in [0.4, 0.5) is 0 Å². The van der Waals surface area contributed by atoms with Crippen molar-refractivity contribution in [2.75, 3.05) is 6.61 Å². The van der Waals surface area contributed by atoms with E-state index in [1.807, 2.05) is 0 Å². The Morgan fingerprint density at radius 2 is 0.911 bits per heavy atom. The molecule has 0 aromatic rings. The first-order chi connectivity index (χ1) is 22.0. The van der Waals surface area contributed by atoms with Gasteiger partial charge in [-0.2, -0.15) is 0 Å². The first kappa shape index (κ1) is 44.0. The summed E-state index contributed by atoms with van der Waals surface area (Å²) >= 11 is 0. The molecule has 6 heteroatoms. The maximum atomic E-state index is 12.4. The SMILES string of the molecule is CCCCCCCCCCCCC/C=C/CCCC(O)C(O)C(CO)NC(=O)C(O)CCCCCCCCCCCCCCC. The number of hydrogen-bond acceptors (Lipinski definition) is 5. The fourth-order valence-electron chi connectivity index (χ4n) is 6.05. The summed E-state index contributed by atoms with van der Waals surface area (Å²) in [6.07, 6.45) is 35.2. The third-order valence-corrected chi connectivity index (χ3v) is 9.23. The van der Waals surface area contributed by atoms with Gasteiger partial charge in [0, 0.05) is 0 Å². The molecular formula is C39H77NO5. The van der Waals surface area contributed by atoms with E-state index in [2.05, 4.69) is 31.3 Å². The molecule has 4 atom stereocenters. The number of carbonyl (C=O) groups excluding carboxylic acids is 1. The van der Waals surface area contributed by atoms with Crippen molar-refractivity contribution < 1.29 is 25.2 Å². The first-order valence-electron chi connectivity index (χ1n) is 19.6. The van der Waals surface area contributed by atoms with Crippen LogP contribution in [-0.2, 0) is 4.79 Å². The van der Waals surface area contributed by atoms with E-state index in [1.165, 1.54) is 135 Å². The van der Waals surface area contributed by atoms with E-state index >= 15 is 0 Å². The molecule has 0 bridgehead atoms. The molecule has 0 radical (unpaired) electrons. The standard InChI is InChI=1S/C39H77NO5/c1-3-5-7-9-11-13-15-17-18-19-21-22-24-26-28-30-32-36(42)38(44)35(34-41)40-39(45)37(43)33-31-29-27-25-23-20-16-14-12-10-8-6-4-2/h24,26,35-38,41-44H,3-23,25,27-34H2,1-2H3,(H,40,45)/b26-24+. The smallest absolute Gasteiger partial charge is 0.249 e. The van der Waals surface area contributed by atoms with Crippen molar-refractivity contribution in [3.63, 3.8) is 0 Å². The summed E-state index contributed by atoms with van der Waals surface area (Å²) < 4.78 is 0. The highest BCUT2D eigenvalue weighted by Gasteiger charge is 2.28. The van der Waals surface area contributed by atoms with Gasteiger partial charge in [-0.15, -0.1) is 0 Å². The highest BCUT2D eigenvalue weighted by molar-refractivity contribution is 5.80. The minimum atomic E-state index is -1.28. The van der Waals surface area contributed by atoms with Crippen LogP contribution >= 0.6 is 0 Å². The summed E-state index contributed by atoms with van der Waals surface area (Å²) in [5.41, 5.74) is 0. The maximum Gasteiger partial charge on any atom is 0.249 e. The van der Waals surface area contributed by atoms with Crippen LogP contribution < -0.4 is 5.32 Å². The van der Waals surface area contributed by atoms with Crippen molar-refractivity contribution in [1.82, 2.24) is 5.32 Å². The topological polar surface area (TPSA) is 110 Å². The lowest BCUT2D eigenvalue weighted by Gasteiger charge is -2.27. The second-order valence-electron chi connectivity index (χ2n) is 13.6. The Morgan fingerprint density at radius 1 is 0.533 bits per heavy atom. The molecule has 0 aliphatic heterocycles. The van der Waals surface area contributed by atoms with Gasteiger partial charge in [0.2, 0.25) is 5.91 Å². The van der Waals surface area contributed by atoms with Gasteiger partial charge in [-0.25, -0.2) is 0 Å². The third-order valence-electron chi connectivity index (χ3n) is 9.23. The number of aliphatic hydroxyl groups excluding tert-OH is 4. The average Bonchev–Trinajstić information content (AvgIpc) is 3.04. The van der Waals surface area contributed by atoms with Gasteiger partial charge in [-0.05, 0) is 38.5 Å². The van der Waals surface area contributed by atoms with Gasteiger partial charge < -0.3 is 25.7 Å². The lowest BCUT2D eigenvalue weighted by molar-refractivity contribution is -0.132. The van der Waals surface area contributed by atoms with Crippen molar-refractivity contribution in [3.8, 4) is 0 Å². The minimum Gasteiger partial charge on any atom is -0.394 e. The number of unbranched alkanes of at least 4 members (excludes halogenated alkanes) is 24. The summed E-state index contributed by atoms with van der Waals surface area (Å²) in [5, 5.41) is 43.5. The van der Waals surface area contributed by atoms with Crippen LogP contribution in [0.3, 0.4) is 0 Å². The van der Waals surface area contributed by atoms with Gasteiger partial charge in [0.25, 0.3) is 0 Å². The molecule has 6 nitrogen and oxygen atoms in total. The van der Waals surface area contributed by atoms with Gasteiger partial charge in [0.05, 0.1) is 18.8 Å². The third kappa shape index (κ3) is 29.0. The summed E-state index contributed by atoms with van der Waals surface area (Å²) in [5.74, 6) is -0.593. The first-order valence-corrected chi connectivity index (χ1v) is 19.6. The predicted octanol–water partition coefficient (Wildman–Crippen LogP) is 9.46. The van der Waals surface area contributed by atoms with Gasteiger partial charge in [0.15, 0.2) is 0 Å². The van der Waals surface area contributed by atoms with Crippen LogP contribution in [0, 0.1) is 0 Å². The summed E-state index contributed by atoms with van der Waals surface area (Å²) in [7, 11) is 0. The molecular weight excluding hydrogens is 562 g/mol. The summed E-state index contributed by atoms with van der Waals surface area (Å²) in [6.45, 7) is 4.02. The van der Waals surface area contributed by atoms with E-state index in [9.17, 15) is 25.2 Å². The Morgan fingerprint density at radius 3 is 1.33 bits per heavy atom. The molecule has 268 valence electrons. The quantitative estimate of drug-likeness (QED) is 0.0350. The van der Waals surface area contributed by atoms with Crippen LogP contribution in [0.2, 0.25) is 0 Å². The van der Waals surface area contributed by atoms with E-state index in [1.54, 1.807) is 0 Å². The van der Waals surface area contributed by atoms with Crippen molar-refractivity contribution in [2.45, 2.75) is 224 Å². The summed E-state index contributed by atoms with van der Waals surface area (Å²) in [6, 6.07) is -0.995. The highest BCUT2D eigenvalue weighted by atomic mass is 16.3. The monoisotopic (exact) mass is 640 g/mol. The van der Waals surface area contributed by atoms with Gasteiger partial charge in [0.1, 0.15) is 12.2 Å². The van der Waals surface area contributed by atoms with Crippen LogP contribution in [0.15, 0.2) is 12.2 Å². The molecule has 5 N–H and O–H groups in total. The number of aliphatic hydroxyl groups is 4. The molecule has 0 aliphatic carbocycles. The van der Waals surface area contributed by atoms with E-state index < -0.39 is 36.9 Å². The van der Waals surface area contributed by atoms with Crippen molar-refractivity contribution >= 4 is 5.91 Å². The molecule has 0 spiro atoms. The van der Waals surface area contributed by atoms with Gasteiger partial charge in [-0.3, -0.25) is 4.79 Å². The van der Waals surface area contributed by atoms with Crippen LogP contribution in [-0.4, -0.2) is 57.3 Å². The Hall–Kier alpha value is -0.950. The van der Waals surface area contributed by atoms with Crippen LogP contribution in [0.1, 0.15) is 200 Å². The lowest BCUT2D eigenvalue weighted by Crippen LogP contribution is -2.53. The van der Waals surface area contributed by atoms with Gasteiger partial charge in [-0.1, -0.05) is 174 Å². The molecule has 1 amide bonds. The van der Waals surface area contributed by atoms with Crippen molar-refractivity contribution in [3.05, 3.63) is 12.2 Å². The zero-order valence-corrected chi connectivity index (χ0v) is 29.9. The molecule has 0 fully saturated rings. The molecule has 0 aliphatic rings. The Kier molecular flexibility index (Phi) is 33.7. The van der Waals surface area contributed by atoms with Crippen LogP contribution in [0.25, 0.3) is 0 Å². The number of carbonyl (C=O) groups is 1. The zero-order chi connectivity index (χ0) is 33.2. The average molecular weight is 640 g/mol. The van der Waals surface area contributed by atoms with Crippen LogP contribution in [0.5, 0.6) is 0 Å². The number of amides is 1. The molecule has 0 saturated carbocycles. The maximum absolute atomic E-state index is 12.4. The minimum absolute atomic E-state index is 0.367. The van der Waals surface area contributed by atoms with E-state index in [-0.39, 0.29) is 0 Å². The molecule has 0 saturated heterocycles. The number of allylic oxidation sites excluding steroid dienone is 2. The molecule has 0 rings (SSSR count). The molecule has 0 aromatic carbocycles. The lowest BCUT2D eigenvalue weighted by atomic mass is 10.00. The molecule has 4 unspecified atom stereocenters. The Bertz CT molecular complexity index is 643. The zero-order valence-electron chi connectivity index (χ0n) is 29.9. The van der Waals surface area contributed by atoms with Gasteiger partial charge >= 0.3 is 0 Å². The second-order valence-corrected chi connectivity index (χ2v) is 13.6. The molecule has 0 aromatic heterocycles. The predicted molar refractivity (Wildman–Crippen MR) is 191 cm³/mol. The summed E-state index contributed by atoms with van der Waals surface area (Å²) in [4.78, 5) is 12.4. The highest BCUT2D eigenvalue weighted by Crippen LogP contribution is 2.15. The van der Waals surface area contributed by atoms with E-state index in [0.29, 0.717) is 12.8 Å². The van der Waals surface area contributed by atoms with Crippen molar-refractivity contribution in [1.29, 1.82) is 0 Å². The number of hydrogen-bond donors (Lipinski definition) is 5. The number of nitrogens with one attached hydrogen (secondary N) is 1. The van der Waals surface area contributed by atoms with E-state index in [0.717, 1.165) is 38.5 Å².